The number of carbonyl (C=O) groups excluding carboxylic acids is 2. The maximum absolute atomic E-state index is 13.7. The van der Waals surface area contributed by atoms with Crippen LogP contribution in [0.25, 0.3) is 0 Å². The number of hydrogen-bond donors (Lipinski definition) is 1. The number of ether oxygens (including phenoxy) is 1. The summed E-state index contributed by atoms with van der Waals surface area (Å²) in [6, 6.07) is 11.3. The van der Waals surface area contributed by atoms with Gasteiger partial charge in [0.2, 0.25) is 21.8 Å². The summed E-state index contributed by atoms with van der Waals surface area (Å²) < 4.78 is 31.9. The number of hydrogen-bond acceptors (Lipinski definition) is 5. The molecule has 0 aliphatic carbocycles. The van der Waals surface area contributed by atoms with Crippen LogP contribution in [0.5, 0.6) is 5.75 Å². The molecular weight excluding hydrogens is 502 g/mol. The number of amides is 2. The number of unbranched alkanes of at least 4 members (excludes halogenated alkanes) is 1. The smallest absolute Gasteiger partial charge is 0.244 e. The van der Waals surface area contributed by atoms with Crippen LogP contribution in [0.1, 0.15) is 44.2 Å². The van der Waals surface area contributed by atoms with Crippen LogP contribution in [0.4, 0.5) is 5.69 Å². The van der Waals surface area contributed by atoms with Gasteiger partial charge in [0.15, 0.2) is 0 Å². The minimum Gasteiger partial charge on any atom is -0.497 e. The van der Waals surface area contributed by atoms with Crippen LogP contribution < -0.4 is 14.4 Å². The van der Waals surface area contributed by atoms with Gasteiger partial charge in [0.1, 0.15) is 18.3 Å². The van der Waals surface area contributed by atoms with Gasteiger partial charge in [0.05, 0.1) is 19.1 Å². The number of sulfonamides is 1. The Morgan fingerprint density at radius 1 is 1.14 bits per heavy atom. The highest BCUT2D eigenvalue weighted by atomic mass is 35.5. The standard InChI is InChI=1S/C26H36ClN3O5S/c1-6-8-15-28-26(32)23(7-2)29(17-20-11-9-12-21(16-20)35-4)25(31)18-30(36(5,33)34)24-14-10-13-22(27)19(24)3/h9-14,16,23H,6-8,15,17-18H2,1-5H3,(H,28,32)/t23-/m0/s1. The molecule has 0 fully saturated rings. The van der Waals surface area contributed by atoms with Gasteiger partial charge in [-0.25, -0.2) is 8.42 Å². The fourth-order valence-electron chi connectivity index (χ4n) is 3.85. The molecule has 2 aromatic carbocycles. The lowest BCUT2D eigenvalue weighted by Crippen LogP contribution is -2.52. The Bertz CT molecular complexity index is 1160. The van der Waals surface area contributed by atoms with Crippen molar-refractivity contribution in [3.8, 4) is 5.75 Å². The fraction of sp³-hybridized carbons (Fsp3) is 0.462. The highest BCUT2D eigenvalue weighted by Gasteiger charge is 2.32. The average Bonchev–Trinajstić information content (AvgIpc) is 2.83. The summed E-state index contributed by atoms with van der Waals surface area (Å²) in [5, 5.41) is 3.30. The van der Waals surface area contributed by atoms with Crippen molar-refractivity contribution in [1.82, 2.24) is 10.2 Å². The highest BCUT2D eigenvalue weighted by molar-refractivity contribution is 7.92. The maximum atomic E-state index is 13.7. The van der Waals surface area contributed by atoms with Gasteiger partial charge in [-0.1, -0.05) is 50.1 Å². The zero-order valence-electron chi connectivity index (χ0n) is 21.6. The number of methoxy groups -OCH3 is 1. The van der Waals surface area contributed by atoms with E-state index in [1.165, 1.54) is 4.90 Å². The normalized spacial score (nSPS) is 12.1. The molecule has 0 aliphatic rings. The Morgan fingerprint density at radius 3 is 2.44 bits per heavy atom. The van der Waals surface area contributed by atoms with Gasteiger partial charge in [0, 0.05) is 18.1 Å². The quantitative estimate of drug-likeness (QED) is 0.387. The second-order valence-corrected chi connectivity index (χ2v) is 10.9. The summed E-state index contributed by atoms with van der Waals surface area (Å²) >= 11 is 6.24. The van der Waals surface area contributed by atoms with Crippen molar-refractivity contribution < 1.29 is 22.7 Å². The fourth-order valence-corrected chi connectivity index (χ4v) is 4.92. The Hall–Kier alpha value is -2.78. The Balaban J connectivity index is 2.46. The number of halogens is 1. The topological polar surface area (TPSA) is 96.0 Å². The molecule has 10 heteroatoms. The Kier molecular flexibility index (Phi) is 11.0. The third kappa shape index (κ3) is 7.86. The van der Waals surface area contributed by atoms with E-state index in [2.05, 4.69) is 5.32 Å². The second-order valence-electron chi connectivity index (χ2n) is 8.60. The minimum atomic E-state index is -3.83. The van der Waals surface area contributed by atoms with Crippen molar-refractivity contribution in [1.29, 1.82) is 0 Å². The van der Waals surface area contributed by atoms with Crippen molar-refractivity contribution in [3.63, 3.8) is 0 Å². The van der Waals surface area contributed by atoms with Gasteiger partial charge in [-0.05, 0) is 55.2 Å². The predicted molar refractivity (Wildman–Crippen MR) is 144 cm³/mol. The van der Waals surface area contributed by atoms with E-state index >= 15 is 0 Å². The Labute approximate surface area is 219 Å². The minimum absolute atomic E-state index is 0.113. The van der Waals surface area contributed by atoms with E-state index in [4.69, 9.17) is 16.3 Å². The first-order valence-corrected chi connectivity index (χ1v) is 14.2. The molecule has 2 amide bonds. The summed E-state index contributed by atoms with van der Waals surface area (Å²) in [6.07, 6.45) is 3.15. The van der Waals surface area contributed by atoms with Crippen LogP contribution in [0.2, 0.25) is 5.02 Å². The molecule has 0 radical (unpaired) electrons. The van der Waals surface area contributed by atoms with Crippen molar-refractivity contribution in [2.24, 2.45) is 0 Å². The average molecular weight is 538 g/mol. The molecule has 1 N–H and O–H groups in total. The molecular formula is C26H36ClN3O5S. The highest BCUT2D eigenvalue weighted by Crippen LogP contribution is 2.28. The van der Waals surface area contributed by atoms with Crippen LogP contribution in [-0.2, 0) is 26.2 Å². The number of anilines is 1. The molecule has 0 aromatic heterocycles. The zero-order valence-corrected chi connectivity index (χ0v) is 23.2. The molecule has 0 saturated heterocycles. The van der Waals surface area contributed by atoms with E-state index in [1.807, 2.05) is 19.9 Å². The molecule has 2 aromatic rings. The van der Waals surface area contributed by atoms with E-state index in [-0.39, 0.29) is 12.5 Å². The van der Waals surface area contributed by atoms with E-state index in [0.717, 1.165) is 29.0 Å². The Morgan fingerprint density at radius 2 is 1.83 bits per heavy atom. The summed E-state index contributed by atoms with van der Waals surface area (Å²) in [7, 11) is -2.28. The van der Waals surface area contributed by atoms with Gasteiger partial charge < -0.3 is 15.0 Å². The van der Waals surface area contributed by atoms with Crippen LogP contribution in [0.15, 0.2) is 42.5 Å². The predicted octanol–water partition coefficient (Wildman–Crippen LogP) is 4.15. The number of nitrogens with one attached hydrogen (secondary N) is 1. The molecule has 198 valence electrons. The molecule has 0 unspecified atom stereocenters. The summed E-state index contributed by atoms with van der Waals surface area (Å²) in [5.41, 5.74) is 1.62. The first-order valence-electron chi connectivity index (χ1n) is 12.0. The largest absolute Gasteiger partial charge is 0.497 e. The molecule has 0 heterocycles. The first-order chi connectivity index (χ1) is 17.0. The zero-order chi connectivity index (χ0) is 26.9. The molecule has 0 aliphatic heterocycles. The molecule has 0 saturated carbocycles. The third-order valence-electron chi connectivity index (χ3n) is 5.89. The van der Waals surface area contributed by atoms with Crippen molar-refractivity contribution in [2.45, 2.75) is 52.6 Å². The molecule has 8 nitrogen and oxygen atoms in total. The van der Waals surface area contributed by atoms with Crippen molar-refractivity contribution >= 4 is 39.1 Å². The molecule has 36 heavy (non-hydrogen) atoms. The summed E-state index contributed by atoms with van der Waals surface area (Å²) in [5.74, 6) is -0.153. The summed E-state index contributed by atoms with van der Waals surface area (Å²) in [6.45, 7) is 5.70. The van der Waals surface area contributed by atoms with Gasteiger partial charge in [-0.15, -0.1) is 0 Å². The molecule has 0 spiro atoms. The summed E-state index contributed by atoms with van der Waals surface area (Å²) in [4.78, 5) is 28.3. The third-order valence-corrected chi connectivity index (χ3v) is 7.43. The lowest BCUT2D eigenvalue weighted by molar-refractivity contribution is -0.140. The lowest BCUT2D eigenvalue weighted by atomic mass is 10.1. The maximum Gasteiger partial charge on any atom is 0.244 e. The van der Waals surface area contributed by atoms with Gasteiger partial charge in [-0.3, -0.25) is 13.9 Å². The van der Waals surface area contributed by atoms with Crippen LogP contribution in [-0.4, -0.2) is 57.6 Å². The van der Waals surface area contributed by atoms with E-state index in [9.17, 15) is 18.0 Å². The van der Waals surface area contributed by atoms with Crippen molar-refractivity contribution in [3.05, 3.63) is 58.6 Å². The van der Waals surface area contributed by atoms with Crippen LogP contribution >= 0.6 is 11.6 Å². The number of rotatable bonds is 13. The number of carbonyl (C=O) groups is 2. The van der Waals surface area contributed by atoms with Gasteiger partial charge >= 0.3 is 0 Å². The van der Waals surface area contributed by atoms with Crippen LogP contribution in [0, 0.1) is 6.92 Å². The molecule has 0 bridgehead atoms. The molecule has 1 atom stereocenters. The monoisotopic (exact) mass is 537 g/mol. The SMILES string of the molecule is CCCCNC(=O)[C@H](CC)N(Cc1cccc(OC)c1)C(=O)CN(c1cccc(Cl)c1C)S(C)(=O)=O. The van der Waals surface area contributed by atoms with E-state index in [1.54, 1.807) is 50.4 Å². The van der Waals surface area contributed by atoms with Crippen molar-refractivity contribution in [2.75, 3.05) is 30.8 Å². The van der Waals surface area contributed by atoms with E-state index < -0.39 is 28.5 Å². The van der Waals surface area contributed by atoms with Gasteiger partial charge in [-0.2, -0.15) is 0 Å². The number of nitrogens with zero attached hydrogens (tertiary/aromatic N) is 2. The van der Waals surface area contributed by atoms with E-state index in [0.29, 0.717) is 35.0 Å². The first kappa shape index (κ1) is 29.5. The molecule has 2 rings (SSSR count). The van der Waals surface area contributed by atoms with Gasteiger partial charge in [0.25, 0.3) is 0 Å². The second kappa shape index (κ2) is 13.5. The number of benzene rings is 2. The van der Waals surface area contributed by atoms with Crippen LogP contribution in [0.3, 0.4) is 0 Å². The lowest BCUT2D eigenvalue weighted by Gasteiger charge is -2.33.